The molecule has 2 heterocycles. The molecule has 0 bridgehead atoms. The number of rotatable bonds is 0. The summed E-state index contributed by atoms with van der Waals surface area (Å²) in [5, 5.41) is 0. The highest BCUT2D eigenvalue weighted by Gasteiger charge is 2.33. The van der Waals surface area contributed by atoms with Crippen LogP contribution in [0.4, 0.5) is 0 Å². The zero-order chi connectivity index (χ0) is 11.1. The lowest BCUT2D eigenvalue weighted by molar-refractivity contribution is -0.114. The Hall–Kier alpha value is -1.51. The van der Waals surface area contributed by atoms with E-state index in [1.165, 1.54) is 5.57 Å². The standard InChI is InChI=1S/C13H14N2O/c1-8-2-3-10-13-9(6-15-10)4-5-14-7-11(16)12(8)13/h4-5,8H,2-3,6-7H2,1H3/b9-4-,14-5?. The van der Waals surface area contributed by atoms with E-state index < -0.39 is 0 Å². The molecular weight excluding hydrogens is 200 g/mol. The van der Waals surface area contributed by atoms with Crippen molar-refractivity contribution in [1.82, 2.24) is 0 Å². The fraction of sp³-hybridized carbons (Fsp3) is 0.462. The van der Waals surface area contributed by atoms with E-state index in [1.54, 1.807) is 6.21 Å². The van der Waals surface area contributed by atoms with Gasteiger partial charge in [-0.25, -0.2) is 0 Å². The van der Waals surface area contributed by atoms with E-state index in [1.807, 2.05) is 6.08 Å². The molecule has 0 amide bonds. The molecule has 82 valence electrons. The summed E-state index contributed by atoms with van der Waals surface area (Å²) < 4.78 is 0. The van der Waals surface area contributed by atoms with Crippen molar-refractivity contribution in [3.63, 3.8) is 0 Å². The third kappa shape index (κ3) is 1.31. The molecule has 0 radical (unpaired) electrons. The largest absolute Gasteiger partial charge is 0.292 e. The molecule has 0 aromatic rings. The Morgan fingerprint density at radius 3 is 3.12 bits per heavy atom. The number of carbonyl (C=O) groups excluding carboxylic acids is 1. The normalized spacial score (nSPS) is 31.6. The van der Waals surface area contributed by atoms with Gasteiger partial charge >= 0.3 is 0 Å². The van der Waals surface area contributed by atoms with Gasteiger partial charge in [-0.05, 0) is 30.4 Å². The van der Waals surface area contributed by atoms with Gasteiger partial charge in [-0.2, -0.15) is 0 Å². The minimum Gasteiger partial charge on any atom is -0.292 e. The molecule has 0 fully saturated rings. The lowest BCUT2D eigenvalue weighted by atomic mass is 9.78. The molecule has 1 unspecified atom stereocenters. The average Bonchev–Trinajstić information content (AvgIpc) is 2.64. The fourth-order valence-corrected chi connectivity index (χ4v) is 2.71. The van der Waals surface area contributed by atoms with Crippen LogP contribution < -0.4 is 0 Å². The van der Waals surface area contributed by atoms with Crippen LogP contribution in [0.2, 0.25) is 0 Å². The summed E-state index contributed by atoms with van der Waals surface area (Å²) in [6, 6.07) is 0. The number of carbonyl (C=O) groups is 1. The molecule has 16 heavy (non-hydrogen) atoms. The Morgan fingerprint density at radius 2 is 2.25 bits per heavy atom. The molecule has 3 aliphatic rings. The third-order valence-corrected chi connectivity index (χ3v) is 3.54. The molecule has 0 saturated carbocycles. The Balaban J connectivity index is 2.23. The molecule has 1 atom stereocenters. The number of ketones is 1. The van der Waals surface area contributed by atoms with Crippen molar-refractivity contribution in [1.29, 1.82) is 0 Å². The summed E-state index contributed by atoms with van der Waals surface area (Å²) in [7, 11) is 0. The van der Waals surface area contributed by atoms with Crippen LogP contribution >= 0.6 is 0 Å². The molecule has 3 heteroatoms. The number of nitrogens with zero attached hydrogens (tertiary/aromatic N) is 2. The number of aliphatic imine (C=N–C) groups is 2. The minimum absolute atomic E-state index is 0.179. The minimum atomic E-state index is 0.179. The van der Waals surface area contributed by atoms with Crippen molar-refractivity contribution in [3.05, 3.63) is 22.8 Å². The SMILES string of the molecule is CC1CCC2=NC/C3=C/C=NCC(=O)C1=C23. The van der Waals surface area contributed by atoms with E-state index in [0.29, 0.717) is 12.5 Å². The molecule has 3 rings (SSSR count). The predicted octanol–water partition coefficient (Wildman–Crippen LogP) is 1.75. The second-order valence-electron chi connectivity index (χ2n) is 4.60. The van der Waals surface area contributed by atoms with Crippen LogP contribution in [0.25, 0.3) is 0 Å². The van der Waals surface area contributed by atoms with Crippen LogP contribution in [0, 0.1) is 5.92 Å². The van der Waals surface area contributed by atoms with Crippen molar-refractivity contribution >= 4 is 17.7 Å². The first-order valence-electron chi connectivity index (χ1n) is 5.78. The summed E-state index contributed by atoms with van der Waals surface area (Å²) in [5.74, 6) is 0.537. The molecule has 0 aromatic heterocycles. The molecule has 2 aliphatic heterocycles. The zero-order valence-corrected chi connectivity index (χ0v) is 9.36. The molecular formula is C13H14N2O. The monoisotopic (exact) mass is 214 g/mol. The quantitative estimate of drug-likeness (QED) is 0.605. The zero-order valence-electron chi connectivity index (χ0n) is 9.36. The molecule has 0 spiro atoms. The predicted molar refractivity (Wildman–Crippen MR) is 64.2 cm³/mol. The van der Waals surface area contributed by atoms with E-state index in [4.69, 9.17) is 0 Å². The summed E-state index contributed by atoms with van der Waals surface area (Å²) in [6.07, 6.45) is 5.81. The lowest BCUT2D eigenvalue weighted by Gasteiger charge is -2.24. The Morgan fingerprint density at radius 1 is 1.38 bits per heavy atom. The third-order valence-electron chi connectivity index (χ3n) is 3.54. The molecule has 0 saturated heterocycles. The number of hydrogen-bond acceptors (Lipinski definition) is 3. The van der Waals surface area contributed by atoms with Gasteiger partial charge in [0.2, 0.25) is 0 Å². The number of hydrogen-bond donors (Lipinski definition) is 0. The van der Waals surface area contributed by atoms with Gasteiger partial charge < -0.3 is 0 Å². The van der Waals surface area contributed by atoms with Gasteiger partial charge in [-0.3, -0.25) is 14.8 Å². The second-order valence-corrected chi connectivity index (χ2v) is 4.60. The summed E-state index contributed by atoms with van der Waals surface area (Å²) >= 11 is 0. The van der Waals surface area contributed by atoms with E-state index in [9.17, 15) is 4.79 Å². The van der Waals surface area contributed by atoms with Gasteiger partial charge in [0.1, 0.15) is 6.54 Å². The number of allylic oxidation sites excluding steroid dienone is 1. The van der Waals surface area contributed by atoms with E-state index in [2.05, 4.69) is 16.9 Å². The highest BCUT2D eigenvalue weighted by atomic mass is 16.1. The van der Waals surface area contributed by atoms with E-state index in [-0.39, 0.29) is 5.78 Å². The topological polar surface area (TPSA) is 41.8 Å². The number of Topliss-reactive ketones (excluding diaryl/α,β-unsaturated/α-hetero) is 1. The molecule has 3 nitrogen and oxygen atoms in total. The van der Waals surface area contributed by atoms with Gasteiger partial charge in [-0.1, -0.05) is 6.92 Å². The summed E-state index contributed by atoms with van der Waals surface area (Å²) in [4.78, 5) is 20.7. The highest BCUT2D eigenvalue weighted by molar-refractivity contribution is 6.16. The summed E-state index contributed by atoms with van der Waals surface area (Å²) in [5.41, 5.74) is 4.44. The first kappa shape index (κ1) is 9.70. The first-order valence-corrected chi connectivity index (χ1v) is 5.78. The van der Waals surface area contributed by atoms with Gasteiger partial charge in [-0.15, -0.1) is 0 Å². The van der Waals surface area contributed by atoms with Crippen LogP contribution in [-0.4, -0.2) is 30.8 Å². The van der Waals surface area contributed by atoms with Crippen LogP contribution in [0.3, 0.4) is 0 Å². The van der Waals surface area contributed by atoms with Crippen LogP contribution in [0.5, 0.6) is 0 Å². The van der Waals surface area contributed by atoms with Gasteiger partial charge in [0, 0.05) is 23.1 Å². The van der Waals surface area contributed by atoms with Crippen molar-refractivity contribution in [2.45, 2.75) is 19.8 Å². The van der Waals surface area contributed by atoms with E-state index >= 15 is 0 Å². The maximum absolute atomic E-state index is 12.1. The van der Waals surface area contributed by atoms with Crippen LogP contribution in [0.15, 0.2) is 32.8 Å². The van der Waals surface area contributed by atoms with Crippen LogP contribution in [0.1, 0.15) is 19.8 Å². The van der Waals surface area contributed by atoms with Gasteiger partial charge in [0.05, 0.1) is 6.54 Å². The van der Waals surface area contributed by atoms with Crippen LogP contribution in [-0.2, 0) is 4.79 Å². The van der Waals surface area contributed by atoms with Gasteiger partial charge in [0.25, 0.3) is 0 Å². The Labute approximate surface area is 94.7 Å². The van der Waals surface area contributed by atoms with Crippen molar-refractivity contribution in [2.75, 3.05) is 13.1 Å². The lowest BCUT2D eigenvalue weighted by Crippen LogP contribution is -2.24. The first-order chi connectivity index (χ1) is 7.77. The molecule has 0 aromatic carbocycles. The smallest absolute Gasteiger partial charge is 0.181 e. The summed E-state index contributed by atoms with van der Waals surface area (Å²) in [6.45, 7) is 3.15. The van der Waals surface area contributed by atoms with E-state index in [0.717, 1.165) is 36.2 Å². The second kappa shape index (κ2) is 3.51. The highest BCUT2D eigenvalue weighted by Crippen LogP contribution is 2.36. The van der Waals surface area contributed by atoms with Gasteiger partial charge in [0.15, 0.2) is 5.78 Å². The Bertz CT molecular complexity index is 480. The van der Waals surface area contributed by atoms with Crippen molar-refractivity contribution in [2.24, 2.45) is 15.9 Å². The van der Waals surface area contributed by atoms with Crippen molar-refractivity contribution in [3.8, 4) is 0 Å². The Kier molecular flexibility index (Phi) is 2.13. The maximum Gasteiger partial charge on any atom is 0.181 e. The average molecular weight is 214 g/mol. The molecule has 0 N–H and O–H groups in total. The van der Waals surface area contributed by atoms with Crippen molar-refractivity contribution < 1.29 is 4.79 Å². The fourth-order valence-electron chi connectivity index (χ4n) is 2.71. The maximum atomic E-state index is 12.1. The molecule has 1 aliphatic carbocycles.